The van der Waals surface area contributed by atoms with Crippen LogP contribution in [0.5, 0.6) is 0 Å². The minimum atomic E-state index is -5.11. The van der Waals surface area contributed by atoms with Gasteiger partial charge in [0.1, 0.15) is 0 Å². The smallest absolute Gasteiger partial charge is 0.465 e. The van der Waals surface area contributed by atoms with Crippen molar-refractivity contribution < 1.29 is 73.9 Å². The second-order valence-corrected chi connectivity index (χ2v) is 2.91. The van der Waals surface area contributed by atoms with Gasteiger partial charge in [0.05, 0.1) is 12.7 Å². The number of carbonyl (C=O) groups excluding carboxylic acids is 1. The predicted octanol–water partition coefficient (Wildman–Crippen LogP) is -0.785. The van der Waals surface area contributed by atoms with Gasteiger partial charge in [-0.05, 0) is 24.3 Å². The molecule has 0 aliphatic rings. The monoisotopic (exact) mass is 266 g/mol. The Morgan fingerprint density at radius 3 is 2.18 bits per heavy atom. The molecule has 0 unspecified atom stereocenters. The van der Waals surface area contributed by atoms with Crippen molar-refractivity contribution in [2.75, 3.05) is 7.11 Å². The first kappa shape index (κ1) is 16.7. The van der Waals surface area contributed by atoms with Gasteiger partial charge in [0.15, 0.2) is 0 Å². The number of hydrogen-bond acceptors (Lipinski definition) is 2. The summed E-state index contributed by atoms with van der Waals surface area (Å²) < 4.78 is 39.9. The van der Waals surface area contributed by atoms with Crippen molar-refractivity contribution in [3.05, 3.63) is 35.4 Å². The third-order valence-corrected chi connectivity index (χ3v) is 1.69. The van der Waals surface area contributed by atoms with Gasteiger partial charge >= 0.3 is 64.3 Å². The molecule has 0 N–H and O–H groups in total. The first-order valence-electron chi connectivity index (χ1n) is 4.33. The average Bonchev–Trinajstić information content (AvgIpc) is 2.25. The van der Waals surface area contributed by atoms with Gasteiger partial charge in [-0.3, -0.25) is 0 Å². The zero-order chi connectivity index (χ0) is 12.2. The minimum absolute atomic E-state index is 0. The van der Waals surface area contributed by atoms with E-state index in [2.05, 4.69) is 4.74 Å². The summed E-state index contributed by atoms with van der Waals surface area (Å²) in [5.41, 5.74) is 0.470. The molecule has 0 saturated heterocycles. The normalized spacial score (nSPS) is 9.65. The van der Waals surface area contributed by atoms with E-state index in [0.717, 1.165) is 0 Å². The standard InChI is InChI=1S/C10H7BF3O2.K/c1-16-10(15)9-4-2-8(3-5-9)6-7-11(12,13)14;/h2-5H,1H3;/q-1;+1. The van der Waals surface area contributed by atoms with Crippen LogP contribution in [0.25, 0.3) is 0 Å². The predicted molar refractivity (Wildman–Crippen MR) is 53.7 cm³/mol. The van der Waals surface area contributed by atoms with Crippen LogP contribution in [0.2, 0.25) is 0 Å². The van der Waals surface area contributed by atoms with Crippen LogP contribution in [-0.2, 0) is 4.74 Å². The maximum atomic E-state index is 11.8. The third-order valence-electron chi connectivity index (χ3n) is 1.69. The molecular formula is C10H7BF3KO2. The van der Waals surface area contributed by atoms with E-state index >= 15 is 0 Å². The van der Waals surface area contributed by atoms with Gasteiger partial charge in [0.2, 0.25) is 0 Å². The summed E-state index contributed by atoms with van der Waals surface area (Å²) in [5, 5.41) is 0. The Balaban J connectivity index is 0.00000256. The number of methoxy groups -OCH3 is 1. The van der Waals surface area contributed by atoms with Crippen molar-refractivity contribution in [2.45, 2.75) is 0 Å². The number of ether oxygens (including phenoxy) is 1. The van der Waals surface area contributed by atoms with Crippen LogP contribution < -0.4 is 51.4 Å². The molecule has 0 heterocycles. The summed E-state index contributed by atoms with van der Waals surface area (Å²) in [5.74, 6) is 2.62. The quantitative estimate of drug-likeness (QED) is 0.378. The molecule has 0 aliphatic heterocycles. The summed E-state index contributed by atoms with van der Waals surface area (Å²) in [6.07, 6.45) is 0. The molecule has 0 radical (unpaired) electrons. The molecule has 1 rings (SSSR count). The largest absolute Gasteiger partial charge is 1.00 e. The van der Waals surface area contributed by atoms with Crippen molar-refractivity contribution in [1.82, 2.24) is 0 Å². The van der Waals surface area contributed by atoms with E-state index in [9.17, 15) is 17.7 Å². The van der Waals surface area contributed by atoms with Crippen molar-refractivity contribution in [1.29, 1.82) is 0 Å². The second kappa shape index (κ2) is 7.24. The number of benzene rings is 1. The maximum Gasteiger partial charge on any atom is 1.00 e. The summed E-state index contributed by atoms with van der Waals surface area (Å²) in [6, 6.07) is 5.39. The molecule has 0 amide bonds. The summed E-state index contributed by atoms with van der Waals surface area (Å²) in [6.45, 7) is -5.11. The van der Waals surface area contributed by atoms with Gasteiger partial charge in [-0.15, -0.1) is 5.92 Å². The van der Waals surface area contributed by atoms with E-state index in [-0.39, 0.29) is 62.5 Å². The topological polar surface area (TPSA) is 26.3 Å². The van der Waals surface area contributed by atoms with Gasteiger partial charge in [0, 0.05) is 5.56 Å². The van der Waals surface area contributed by atoms with Gasteiger partial charge in [0.25, 0.3) is 0 Å². The second-order valence-electron chi connectivity index (χ2n) is 2.91. The Bertz CT molecular complexity index is 445. The number of rotatable bonds is 1. The molecule has 0 spiro atoms. The first-order chi connectivity index (χ1) is 7.42. The Morgan fingerprint density at radius 2 is 1.76 bits per heavy atom. The van der Waals surface area contributed by atoms with E-state index in [0.29, 0.717) is 0 Å². The molecule has 0 fully saturated rings. The molecule has 0 aliphatic carbocycles. The van der Waals surface area contributed by atoms with Crippen LogP contribution in [0.4, 0.5) is 12.9 Å². The zero-order valence-electron chi connectivity index (χ0n) is 9.34. The van der Waals surface area contributed by atoms with Crippen molar-refractivity contribution in [3.8, 4) is 11.7 Å². The number of hydrogen-bond donors (Lipinski definition) is 0. The fourth-order valence-corrected chi connectivity index (χ4v) is 0.973. The SMILES string of the molecule is COC(=O)c1ccc(C#C[B-](F)(F)F)cc1.[K+]. The molecule has 7 heteroatoms. The molecular weight excluding hydrogens is 259 g/mol. The van der Waals surface area contributed by atoms with Gasteiger partial charge < -0.3 is 17.7 Å². The van der Waals surface area contributed by atoms with Gasteiger partial charge in [-0.1, -0.05) is 0 Å². The number of halogens is 3. The van der Waals surface area contributed by atoms with Crippen molar-refractivity contribution >= 4 is 12.9 Å². The van der Waals surface area contributed by atoms with E-state index in [1.807, 2.05) is 5.92 Å². The van der Waals surface area contributed by atoms with E-state index in [4.69, 9.17) is 0 Å². The van der Waals surface area contributed by atoms with E-state index in [1.54, 1.807) is 0 Å². The zero-order valence-corrected chi connectivity index (χ0v) is 12.5. The fourth-order valence-electron chi connectivity index (χ4n) is 0.973. The van der Waals surface area contributed by atoms with Gasteiger partial charge in [-0.25, -0.2) is 4.79 Å². The average molecular weight is 266 g/mol. The Kier molecular flexibility index (Phi) is 7.13. The number of carbonyl (C=O) groups is 1. The van der Waals surface area contributed by atoms with E-state index < -0.39 is 12.9 Å². The number of esters is 1. The Morgan fingerprint density at radius 1 is 1.24 bits per heavy atom. The Hall–Kier alpha value is -0.259. The van der Waals surface area contributed by atoms with Crippen LogP contribution >= 0.6 is 0 Å². The summed E-state index contributed by atoms with van der Waals surface area (Å²) in [7, 11) is 1.22. The van der Waals surface area contributed by atoms with Gasteiger partial charge in [-0.2, -0.15) is 5.82 Å². The van der Waals surface area contributed by atoms with Crippen molar-refractivity contribution in [2.24, 2.45) is 0 Å². The maximum absolute atomic E-state index is 11.8. The van der Waals surface area contributed by atoms with Crippen molar-refractivity contribution in [3.63, 3.8) is 0 Å². The molecule has 17 heavy (non-hydrogen) atoms. The molecule has 1 aromatic rings. The molecule has 0 aromatic heterocycles. The molecule has 0 atom stereocenters. The van der Waals surface area contributed by atoms with Crippen LogP contribution in [-0.4, -0.2) is 20.1 Å². The molecule has 0 bridgehead atoms. The fraction of sp³-hybridized carbons (Fsp3) is 0.100. The van der Waals surface area contributed by atoms with Crippen LogP contribution in [0, 0.1) is 11.7 Å². The van der Waals surface area contributed by atoms with Crippen LogP contribution in [0.15, 0.2) is 24.3 Å². The first-order valence-corrected chi connectivity index (χ1v) is 4.33. The third kappa shape index (κ3) is 6.29. The molecule has 0 saturated carbocycles. The molecule has 84 valence electrons. The Labute approximate surface area is 139 Å². The summed E-state index contributed by atoms with van der Waals surface area (Å²) in [4.78, 5) is 11.0. The molecule has 2 nitrogen and oxygen atoms in total. The molecule has 1 aromatic carbocycles. The minimum Gasteiger partial charge on any atom is -0.465 e. The van der Waals surface area contributed by atoms with Crippen LogP contribution in [0.1, 0.15) is 15.9 Å². The summed E-state index contributed by atoms with van der Waals surface area (Å²) >= 11 is 0. The van der Waals surface area contributed by atoms with E-state index in [1.165, 1.54) is 37.2 Å². The van der Waals surface area contributed by atoms with Crippen LogP contribution in [0.3, 0.4) is 0 Å².